The summed E-state index contributed by atoms with van der Waals surface area (Å²) in [4.78, 5) is 16.7. The highest BCUT2D eigenvalue weighted by Crippen LogP contribution is 2.22. The summed E-state index contributed by atoms with van der Waals surface area (Å²) in [6.45, 7) is 0. The number of rotatable bonds is 6. The number of halogens is 1. The van der Waals surface area contributed by atoms with Crippen molar-refractivity contribution in [1.82, 2.24) is 0 Å². The first-order valence-corrected chi connectivity index (χ1v) is 10.6. The summed E-state index contributed by atoms with van der Waals surface area (Å²) in [7, 11) is 0. The Morgan fingerprint density at radius 2 is 1.28 bits per heavy atom. The second-order valence-corrected chi connectivity index (χ2v) is 7.69. The molecular weight excluding hydrogens is 466 g/mol. The van der Waals surface area contributed by atoms with E-state index in [-0.39, 0.29) is 0 Å². The van der Waals surface area contributed by atoms with E-state index in [0.29, 0.717) is 11.3 Å². The van der Waals surface area contributed by atoms with Crippen molar-refractivity contribution in [3.05, 3.63) is 119 Å². The number of hydrogen-bond acceptors (Lipinski definition) is 5. The minimum absolute atomic E-state index is 0.400. The number of benzene rings is 4. The van der Waals surface area contributed by atoms with Crippen molar-refractivity contribution in [2.75, 3.05) is 0 Å². The van der Waals surface area contributed by atoms with E-state index in [0.717, 1.165) is 27.1 Å². The van der Waals surface area contributed by atoms with Crippen LogP contribution in [0.2, 0.25) is 0 Å². The molecule has 0 aliphatic rings. The Hall–Kier alpha value is -3.90. The van der Waals surface area contributed by atoms with Crippen LogP contribution in [0.15, 0.2) is 123 Å². The number of ether oxygens (including phenoxy) is 1. The van der Waals surface area contributed by atoms with Crippen molar-refractivity contribution in [1.29, 1.82) is 0 Å². The third-order valence-electron chi connectivity index (χ3n) is 4.42. The fourth-order valence-electron chi connectivity index (χ4n) is 2.74. The SMILES string of the molecule is O=C(Oc1ccc(C=Nc2ccc(N=Nc3ccccc3)cc2)cc1)c1ccc(Br)cc1. The lowest BCUT2D eigenvalue weighted by Crippen LogP contribution is -2.08. The average molecular weight is 484 g/mol. The summed E-state index contributed by atoms with van der Waals surface area (Å²) in [5, 5.41) is 8.42. The van der Waals surface area contributed by atoms with Crippen LogP contribution in [0.5, 0.6) is 5.75 Å². The lowest BCUT2D eigenvalue weighted by molar-refractivity contribution is 0.0734. The van der Waals surface area contributed by atoms with E-state index in [4.69, 9.17) is 4.74 Å². The molecule has 4 aromatic rings. The van der Waals surface area contributed by atoms with Gasteiger partial charge in [-0.3, -0.25) is 4.99 Å². The molecule has 32 heavy (non-hydrogen) atoms. The quantitative estimate of drug-likeness (QED) is 0.121. The fraction of sp³-hybridized carbons (Fsp3) is 0. The van der Waals surface area contributed by atoms with Crippen LogP contribution >= 0.6 is 15.9 Å². The number of carbonyl (C=O) groups excluding carboxylic acids is 1. The number of aliphatic imine (C=N–C) groups is 1. The summed E-state index contributed by atoms with van der Waals surface area (Å²) >= 11 is 3.35. The normalized spacial score (nSPS) is 11.2. The van der Waals surface area contributed by atoms with Gasteiger partial charge in [0.05, 0.1) is 22.6 Å². The van der Waals surface area contributed by atoms with Crippen LogP contribution in [-0.2, 0) is 0 Å². The monoisotopic (exact) mass is 483 g/mol. The molecule has 0 spiro atoms. The summed E-state index contributed by atoms with van der Waals surface area (Å²) in [5.74, 6) is 0.0756. The Balaban J connectivity index is 1.34. The van der Waals surface area contributed by atoms with Gasteiger partial charge in [-0.2, -0.15) is 10.2 Å². The van der Waals surface area contributed by atoms with Crippen molar-refractivity contribution in [3.8, 4) is 5.75 Å². The van der Waals surface area contributed by atoms with Crippen molar-refractivity contribution in [2.45, 2.75) is 0 Å². The van der Waals surface area contributed by atoms with Crippen LogP contribution in [0.25, 0.3) is 0 Å². The highest BCUT2D eigenvalue weighted by molar-refractivity contribution is 9.10. The number of azo groups is 1. The van der Waals surface area contributed by atoms with Crippen molar-refractivity contribution in [3.63, 3.8) is 0 Å². The van der Waals surface area contributed by atoms with Crippen LogP contribution in [0.3, 0.4) is 0 Å². The van der Waals surface area contributed by atoms with Crippen molar-refractivity contribution >= 4 is 45.2 Å². The molecule has 0 N–H and O–H groups in total. The molecule has 0 unspecified atom stereocenters. The molecule has 0 heterocycles. The van der Waals surface area contributed by atoms with E-state index in [2.05, 4.69) is 31.2 Å². The third-order valence-corrected chi connectivity index (χ3v) is 4.95. The average Bonchev–Trinajstić information content (AvgIpc) is 2.84. The largest absolute Gasteiger partial charge is 0.423 e. The fourth-order valence-corrected chi connectivity index (χ4v) is 3.00. The van der Waals surface area contributed by atoms with Gasteiger partial charge in [0.1, 0.15) is 5.75 Å². The molecule has 156 valence electrons. The predicted molar refractivity (Wildman–Crippen MR) is 130 cm³/mol. The number of nitrogens with zero attached hydrogens (tertiary/aromatic N) is 3. The van der Waals surface area contributed by atoms with Gasteiger partial charge in [0.2, 0.25) is 0 Å². The third kappa shape index (κ3) is 6.06. The molecular formula is C26H18BrN3O2. The molecule has 4 aromatic carbocycles. The zero-order chi connectivity index (χ0) is 22.2. The first-order chi connectivity index (χ1) is 15.7. The van der Waals surface area contributed by atoms with Gasteiger partial charge in [-0.1, -0.05) is 34.1 Å². The van der Waals surface area contributed by atoms with E-state index < -0.39 is 5.97 Å². The van der Waals surface area contributed by atoms with Gasteiger partial charge in [-0.25, -0.2) is 4.79 Å². The smallest absolute Gasteiger partial charge is 0.343 e. The standard InChI is InChI=1S/C26H18BrN3O2/c27-21-10-8-20(9-11-21)26(31)32-25-16-6-19(7-17-25)18-28-22-12-14-24(15-13-22)30-29-23-4-2-1-3-5-23/h1-18H. The van der Waals surface area contributed by atoms with Crippen LogP contribution in [0, 0.1) is 0 Å². The molecule has 6 heteroatoms. The molecule has 0 atom stereocenters. The molecule has 5 nitrogen and oxygen atoms in total. The Labute approximate surface area is 194 Å². The zero-order valence-electron chi connectivity index (χ0n) is 16.9. The summed E-state index contributed by atoms with van der Waals surface area (Å²) in [6.07, 6.45) is 1.75. The first-order valence-electron chi connectivity index (χ1n) is 9.84. The molecule has 0 aromatic heterocycles. The minimum Gasteiger partial charge on any atom is -0.423 e. The number of carbonyl (C=O) groups is 1. The number of hydrogen-bond donors (Lipinski definition) is 0. The van der Waals surface area contributed by atoms with Crippen LogP contribution < -0.4 is 4.74 Å². The zero-order valence-corrected chi connectivity index (χ0v) is 18.5. The lowest BCUT2D eigenvalue weighted by Gasteiger charge is -2.04. The van der Waals surface area contributed by atoms with Crippen LogP contribution in [0.4, 0.5) is 17.1 Å². The highest BCUT2D eigenvalue weighted by Gasteiger charge is 2.08. The Bertz CT molecular complexity index is 1240. The molecule has 0 saturated heterocycles. The second-order valence-electron chi connectivity index (χ2n) is 6.78. The molecule has 0 amide bonds. The van der Waals surface area contributed by atoms with E-state index in [1.807, 2.05) is 66.7 Å². The molecule has 0 aliphatic heterocycles. The van der Waals surface area contributed by atoms with Gasteiger partial charge in [0.25, 0.3) is 0 Å². The molecule has 0 radical (unpaired) electrons. The highest BCUT2D eigenvalue weighted by atomic mass is 79.9. The van der Waals surface area contributed by atoms with Crippen LogP contribution in [0.1, 0.15) is 15.9 Å². The molecule has 0 fully saturated rings. The topological polar surface area (TPSA) is 63.4 Å². The Kier molecular flexibility index (Phi) is 6.94. The van der Waals surface area contributed by atoms with Gasteiger partial charge >= 0.3 is 5.97 Å². The summed E-state index contributed by atoms with van der Waals surface area (Å²) in [5.41, 5.74) is 3.74. The van der Waals surface area contributed by atoms with Gasteiger partial charge in [-0.05, 0) is 90.5 Å². The van der Waals surface area contributed by atoms with E-state index in [9.17, 15) is 4.79 Å². The maximum Gasteiger partial charge on any atom is 0.343 e. The predicted octanol–water partition coefficient (Wildman–Crippen LogP) is 7.83. The molecule has 0 bridgehead atoms. The maximum atomic E-state index is 12.2. The van der Waals surface area contributed by atoms with Gasteiger partial charge in [0, 0.05) is 10.7 Å². The Morgan fingerprint density at radius 1 is 0.688 bits per heavy atom. The first kappa shape index (κ1) is 21.3. The Morgan fingerprint density at radius 3 is 1.94 bits per heavy atom. The molecule has 0 aliphatic carbocycles. The summed E-state index contributed by atoms with van der Waals surface area (Å²) < 4.78 is 6.31. The summed E-state index contributed by atoms with van der Waals surface area (Å²) in [6, 6.07) is 31.3. The van der Waals surface area contributed by atoms with E-state index in [1.54, 1.807) is 42.6 Å². The van der Waals surface area contributed by atoms with Gasteiger partial charge < -0.3 is 4.74 Å². The maximum absolute atomic E-state index is 12.2. The van der Waals surface area contributed by atoms with Gasteiger partial charge in [-0.15, -0.1) is 0 Å². The second kappa shape index (κ2) is 10.4. The molecule has 0 saturated carbocycles. The van der Waals surface area contributed by atoms with Gasteiger partial charge in [0.15, 0.2) is 0 Å². The minimum atomic E-state index is -0.400. The molecule has 4 rings (SSSR count). The van der Waals surface area contributed by atoms with E-state index in [1.165, 1.54) is 0 Å². The lowest BCUT2D eigenvalue weighted by atomic mass is 10.2. The number of esters is 1. The van der Waals surface area contributed by atoms with Crippen molar-refractivity contribution in [2.24, 2.45) is 15.2 Å². The van der Waals surface area contributed by atoms with Crippen molar-refractivity contribution < 1.29 is 9.53 Å². The van der Waals surface area contributed by atoms with E-state index >= 15 is 0 Å². The van der Waals surface area contributed by atoms with Crippen LogP contribution in [-0.4, -0.2) is 12.2 Å².